The van der Waals surface area contributed by atoms with Crippen molar-refractivity contribution in [2.45, 2.75) is 4.90 Å². The first-order valence-corrected chi connectivity index (χ1v) is 7.84. The monoisotopic (exact) mass is 390 g/mol. The van der Waals surface area contributed by atoms with Crippen LogP contribution in [0.25, 0.3) is 0 Å². The molecule has 0 radical (unpaired) electrons. The maximum Gasteiger partial charge on any atom is 0.238 e. The third-order valence-corrected chi connectivity index (χ3v) is 3.92. The Balaban J connectivity index is 2.40. The van der Waals surface area contributed by atoms with E-state index in [1.165, 1.54) is 18.2 Å². The van der Waals surface area contributed by atoms with Crippen LogP contribution in [0, 0.1) is 3.57 Å². The maximum absolute atomic E-state index is 11.3. The fraction of sp³-hybridized carbons (Fsp3) is 0. The number of nitrogen functional groups attached to an aromatic ring is 1. The van der Waals surface area contributed by atoms with Gasteiger partial charge in [0.25, 0.3) is 0 Å². The molecule has 4 N–H and O–H groups in total. The average molecular weight is 390 g/mol. The fourth-order valence-electron chi connectivity index (χ4n) is 1.44. The molecule has 0 aliphatic rings. The average Bonchev–Trinajstić information content (AvgIpc) is 2.30. The van der Waals surface area contributed by atoms with Crippen molar-refractivity contribution in [2.24, 2.45) is 5.14 Å². The number of rotatable bonds is 3. The van der Waals surface area contributed by atoms with Crippen molar-refractivity contribution in [2.75, 3.05) is 5.73 Å². The molecule has 100 valence electrons. The Labute approximate surface area is 124 Å². The first kappa shape index (κ1) is 14.1. The van der Waals surface area contributed by atoms with Crippen molar-refractivity contribution < 1.29 is 13.2 Å². The van der Waals surface area contributed by atoms with Crippen molar-refractivity contribution in [3.05, 3.63) is 46.0 Å². The predicted octanol–water partition coefficient (Wildman–Crippen LogP) is 2.31. The smallest absolute Gasteiger partial charge is 0.238 e. The van der Waals surface area contributed by atoms with E-state index in [9.17, 15) is 8.42 Å². The van der Waals surface area contributed by atoms with Gasteiger partial charge in [-0.1, -0.05) is 6.07 Å². The third-order valence-electron chi connectivity index (χ3n) is 2.34. The minimum atomic E-state index is -3.78. The Hall–Kier alpha value is -1.32. The molecule has 5 nitrogen and oxygen atoms in total. The van der Waals surface area contributed by atoms with Gasteiger partial charge in [-0.25, -0.2) is 13.6 Å². The summed E-state index contributed by atoms with van der Waals surface area (Å²) in [5.41, 5.74) is 6.10. The second kappa shape index (κ2) is 5.35. The molecule has 0 saturated heterocycles. The number of hydrogen-bond donors (Lipinski definition) is 2. The fourth-order valence-corrected chi connectivity index (χ4v) is 2.48. The van der Waals surface area contributed by atoms with Crippen molar-refractivity contribution in [3.8, 4) is 11.5 Å². The molecule has 0 amide bonds. The van der Waals surface area contributed by atoms with E-state index in [4.69, 9.17) is 15.6 Å². The van der Waals surface area contributed by atoms with Gasteiger partial charge >= 0.3 is 0 Å². The van der Waals surface area contributed by atoms with Gasteiger partial charge in [-0.3, -0.25) is 0 Å². The second-order valence-electron chi connectivity index (χ2n) is 3.80. The van der Waals surface area contributed by atoms with E-state index >= 15 is 0 Å². The second-order valence-corrected chi connectivity index (χ2v) is 6.61. The van der Waals surface area contributed by atoms with E-state index in [1.807, 2.05) is 18.2 Å². The summed E-state index contributed by atoms with van der Waals surface area (Å²) in [5.74, 6) is 0.832. The number of halogens is 1. The molecule has 0 saturated carbocycles. The van der Waals surface area contributed by atoms with Gasteiger partial charge in [0, 0.05) is 9.64 Å². The van der Waals surface area contributed by atoms with Crippen molar-refractivity contribution in [1.29, 1.82) is 0 Å². The van der Waals surface area contributed by atoms with Gasteiger partial charge < -0.3 is 10.5 Å². The van der Waals surface area contributed by atoms with Crippen LogP contribution in [-0.2, 0) is 10.0 Å². The normalized spacial score (nSPS) is 11.3. The summed E-state index contributed by atoms with van der Waals surface area (Å²) >= 11 is 2.15. The Bertz CT molecular complexity index is 717. The molecule has 2 aromatic rings. The van der Waals surface area contributed by atoms with E-state index in [2.05, 4.69) is 22.6 Å². The van der Waals surface area contributed by atoms with E-state index in [1.54, 1.807) is 6.07 Å². The number of nitrogens with two attached hydrogens (primary N) is 2. The highest BCUT2D eigenvalue weighted by atomic mass is 127. The predicted molar refractivity (Wildman–Crippen MR) is 81.5 cm³/mol. The minimum absolute atomic E-state index is 0.0395. The largest absolute Gasteiger partial charge is 0.455 e. The summed E-state index contributed by atoms with van der Waals surface area (Å²) in [6.07, 6.45) is 0. The molecular weight excluding hydrogens is 379 g/mol. The molecule has 0 unspecified atom stereocenters. The van der Waals surface area contributed by atoms with Gasteiger partial charge in [0.05, 0.1) is 10.6 Å². The van der Waals surface area contributed by atoms with Gasteiger partial charge in [0.1, 0.15) is 5.75 Å². The highest BCUT2D eigenvalue weighted by molar-refractivity contribution is 14.1. The van der Waals surface area contributed by atoms with Crippen LogP contribution in [0.4, 0.5) is 5.69 Å². The van der Waals surface area contributed by atoms with E-state index < -0.39 is 10.0 Å². The van der Waals surface area contributed by atoms with Gasteiger partial charge in [-0.2, -0.15) is 0 Å². The quantitative estimate of drug-likeness (QED) is 0.621. The molecule has 0 aliphatic carbocycles. The summed E-state index contributed by atoms with van der Waals surface area (Å²) in [6, 6.07) is 11.4. The van der Waals surface area contributed by atoms with Crippen molar-refractivity contribution in [1.82, 2.24) is 0 Å². The lowest BCUT2D eigenvalue weighted by Gasteiger charge is -2.10. The molecule has 0 spiro atoms. The number of hydrogen-bond acceptors (Lipinski definition) is 4. The molecule has 0 atom stereocenters. The van der Waals surface area contributed by atoms with Gasteiger partial charge in [0.15, 0.2) is 5.75 Å². The van der Waals surface area contributed by atoms with Crippen LogP contribution >= 0.6 is 22.6 Å². The van der Waals surface area contributed by atoms with Crippen LogP contribution in [0.2, 0.25) is 0 Å². The zero-order chi connectivity index (χ0) is 14.0. The Morgan fingerprint density at radius 2 is 1.84 bits per heavy atom. The standard InChI is InChI=1S/C12H11IN2O3S/c13-8-2-1-3-9(6-8)18-12-7-10(19(15,16)17)4-5-11(12)14/h1-7H,14H2,(H2,15,16,17). The van der Waals surface area contributed by atoms with Crippen LogP contribution in [-0.4, -0.2) is 8.42 Å². The summed E-state index contributed by atoms with van der Waals surface area (Å²) < 4.78 is 29.1. The Morgan fingerprint density at radius 1 is 1.11 bits per heavy atom. The topological polar surface area (TPSA) is 95.4 Å². The lowest BCUT2D eigenvalue weighted by atomic mass is 10.3. The van der Waals surface area contributed by atoms with E-state index in [-0.39, 0.29) is 10.6 Å². The minimum Gasteiger partial charge on any atom is -0.455 e. The van der Waals surface area contributed by atoms with E-state index in [0.29, 0.717) is 11.4 Å². The van der Waals surface area contributed by atoms with Crippen LogP contribution in [0.1, 0.15) is 0 Å². The molecule has 0 aliphatic heterocycles. The van der Waals surface area contributed by atoms with E-state index in [0.717, 1.165) is 3.57 Å². The molecule has 0 bridgehead atoms. The molecule has 2 rings (SSSR count). The number of primary sulfonamides is 1. The van der Waals surface area contributed by atoms with Crippen LogP contribution in [0.5, 0.6) is 11.5 Å². The molecule has 2 aromatic carbocycles. The first-order valence-electron chi connectivity index (χ1n) is 5.22. The van der Waals surface area contributed by atoms with Gasteiger partial charge in [-0.05, 0) is 52.9 Å². The number of anilines is 1. The van der Waals surface area contributed by atoms with Crippen LogP contribution < -0.4 is 15.6 Å². The van der Waals surface area contributed by atoms with Crippen molar-refractivity contribution in [3.63, 3.8) is 0 Å². The molecule has 0 aromatic heterocycles. The Kier molecular flexibility index (Phi) is 3.97. The lowest BCUT2D eigenvalue weighted by molar-refractivity contribution is 0.483. The summed E-state index contributed by atoms with van der Waals surface area (Å²) in [7, 11) is -3.78. The third kappa shape index (κ3) is 3.58. The molecule has 0 heterocycles. The van der Waals surface area contributed by atoms with Crippen LogP contribution in [0.15, 0.2) is 47.4 Å². The summed E-state index contributed by atoms with van der Waals surface area (Å²) in [4.78, 5) is -0.0395. The van der Waals surface area contributed by atoms with Crippen molar-refractivity contribution >= 4 is 38.3 Å². The number of sulfonamides is 1. The molecule has 0 fully saturated rings. The Morgan fingerprint density at radius 3 is 2.47 bits per heavy atom. The number of benzene rings is 2. The zero-order valence-electron chi connectivity index (χ0n) is 9.71. The SMILES string of the molecule is Nc1ccc(S(N)(=O)=O)cc1Oc1cccc(I)c1. The maximum atomic E-state index is 11.3. The lowest BCUT2D eigenvalue weighted by Crippen LogP contribution is -2.12. The van der Waals surface area contributed by atoms with Crippen LogP contribution in [0.3, 0.4) is 0 Å². The molecule has 19 heavy (non-hydrogen) atoms. The highest BCUT2D eigenvalue weighted by Gasteiger charge is 2.11. The van der Waals surface area contributed by atoms with Gasteiger partial charge in [0.2, 0.25) is 10.0 Å². The molecular formula is C12H11IN2O3S. The number of ether oxygens (including phenoxy) is 1. The summed E-state index contributed by atoms with van der Waals surface area (Å²) in [6.45, 7) is 0. The first-order chi connectivity index (χ1) is 8.86. The molecule has 7 heteroatoms. The zero-order valence-corrected chi connectivity index (χ0v) is 12.7. The highest BCUT2D eigenvalue weighted by Crippen LogP contribution is 2.30. The van der Waals surface area contributed by atoms with Gasteiger partial charge in [-0.15, -0.1) is 0 Å². The summed E-state index contributed by atoms with van der Waals surface area (Å²) in [5, 5.41) is 5.07.